The van der Waals surface area contributed by atoms with Crippen LogP contribution in [0.25, 0.3) is 0 Å². The van der Waals surface area contributed by atoms with Crippen molar-refractivity contribution in [1.82, 2.24) is 9.80 Å². The summed E-state index contributed by atoms with van der Waals surface area (Å²) in [5, 5.41) is 0. The van der Waals surface area contributed by atoms with Gasteiger partial charge in [0, 0.05) is 18.8 Å². The third-order valence-electron chi connectivity index (χ3n) is 2.18. The highest BCUT2D eigenvalue weighted by Gasteiger charge is 2.34. The summed E-state index contributed by atoms with van der Waals surface area (Å²) in [6.45, 7) is 3.58. The summed E-state index contributed by atoms with van der Waals surface area (Å²) in [6, 6.07) is 0. The van der Waals surface area contributed by atoms with Crippen molar-refractivity contribution in [3.05, 3.63) is 25.1 Å². The fraction of sp³-hybridized carbons (Fsp3) is 0.400. The van der Waals surface area contributed by atoms with E-state index in [0.29, 0.717) is 6.42 Å². The van der Waals surface area contributed by atoms with Crippen LogP contribution >= 0.6 is 0 Å². The largest absolute Gasteiger partial charge is 0.452 e. The van der Waals surface area contributed by atoms with Crippen LogP contribution in [0, 0.1) is 0 Å². The van der Waals surface area contributed by atoms with Gasteiger partial charge in [0.15, 0.2) is 0 Å². The molecule has 16 heavy (non-hydrogen) atoms. The number of amides is 2. The minimum Gasteiger partial charge on any atom is -0.452 e. The molecule has 0 aromatic rings. The monoisotopic (exact) mass is 226 g/mol. The van der Waals surface area contributed by atoms with Gasteiger partial charge in [0.2, 0.25) is 0 Å². The summed E-state index contributed by atoms with van der Waals surface area (Å²) in [7, 11) is 2.56. The van der Waals surface area contributed by atoms with Gasteiger partial charge in [0.25, 0.3) is 0 Å². The lowest BCUT2D eigenvalue weighted by atomic mass is 10.3. The number of hydrogen-bond acceptors (Lipinski definition) is 4. The molecule has 0 N–H and O–H groups in total. The molecule has 1 aliphatic heterocycles. The third-order valence-corrected chi connectivity index (χ3v) is 2.18. The molecule has 0 saturated carbocycles. The van der Waals surface area contributed by atoms with Crippen LogP contribution in [0.2, 0.25) is 0 Å². The fourth-order valence-corrected chi connectivity index (χ4v) is 1.43. The zero-order valence-electron chi connectivity index (χ0n) is 9.25. The number of ether oxygens (including phenoxy) is 2. The van der Waals surface area contributed by atoms with Gasteiger partial charge in [-0.1, -0.05) is 6.08 Å². The van der Waals surface area contributed by atoms with Crippen molar-refractivity contribution in [3.63, 3.8) is 0 Å². The molecule has 0 saturated heterocycles. The van der Waals surface area contributed by atoms with Gasteiger partial charge in [-0.25, -0.2) is 9.59 Å². The van der Waals surface area contributed by atoms with Crippen LogP contribution in [0.1, 0.15) is 6.42 Å². The molecule has 0 aliphatic carbocycles. The van der Waals surface area contributed by atoms with Gasteiger partial charge in [0.1, 0.15) is 6.17 Å². The Morgan fingerprint density at radius 2 is 1.69 bits per heavy atom. The van der Waals surface area contributed by atoms with Gasteiger partial charge in [-0.2, -0.15) is 0 Å². The van der Waals surface area contributed by atoms with E-state index in [0.717, 1.165) is 0 Å². The standard InChI is InChI=1S/C10H14N2O4/c1-4-5-8-11(9(13)15-2)6-7-12(8)10(14)16-3/h4,6-8H,1,5H2,2-3H3. The van der Waals surface area contributed by atoms with Crippen molar-refractivity contribution < 1.29 is 19.1 Å². The second kappa shape index (κ2) is 5.20. The van der Waals surface area contributed by atoms with Gasteiger partial charge in [-0.3, -0.25) is 9.80 Å². The highest BCUT2D eigenvalue weighted by atomic mass is 16.6. The van der Waals surface area contributed by atoms with Crippen LogP contribution in [0.15, 0.2) is 25.1 Å². The summed E-state index contributed by atoms with van der Waals surface area (Å²) in [5.74, 6) is 0. The van der Waals surface area contributed by atoms with Gasteiger partial charge in [-0.15, -0.1) is 6.58 Å². The summed E-state index contributed by atoms with van der Waals surface area (Å²) in [4.78, 5) is 25.4. The lowest BCUT2D eigenvalue weighted by Gasteiger charge is -2.27. The van der Waals surface area contributed by atoms with E-state index >= 15 is 0 Å². The molecule has 0 aromatic heterocycles. The van der Waals surface area contributed by atoms with Crippen LogP contribution in [-0.4, -0.2) is 42.4 Å². The van der Waals surface area contributed by atoms with Crippen molar-refractivity contribution >= 4 is 12.2 Å². The molecule has 1 rings (SSSR count). The molecule has 88 valence electrons. The molecule has 2 amide bonds. The van der Waals surface area contributed by atoms with Crippen LogP contribution < -0.4 is 0 Å². The Morgan fingerprint density at radius 3 is 2.00 bits per heavy atom. The second-order valence-electron chi connectivity index (χ2n) is 3.06. The Hall–Kier alpha value is -1.98. The first-order valence-electron chi connectivity index (χ1n) is 4.67. The van der Waals surface area contributed by atoms with Crippen molar-refractivity contribution in [3.8, 4) is 0 Å². The first-order valence-corrected chi connectivity index (χ1v) is 4.67. The van der Waals surface area contributed by atoms with Crippen LogP contribution in [0.5, 0.6) is 0 Å². The molecule has 0 bridgehead atoms. The molecule has 0 unspecified atom stereocenters. The number of nitrogens with zero attached hydrogens (tertiary/aromatic N) is 2. The van der Waals surface area contributed by atoms with Gasteiger partial charge in [-0.05, 0) is 0 Å². The molecule has 0 fully saturated rings. The van der Waals surface area contributed by atoms with E-state index < -0.39 is 18.4 Å². The van der Waals surface area contributed by atoms with Crippen LogP contribution in [0.3, 0.4) is 0 Å². The van der Waals surface area contributed by atoms with Crippen LogP contribution in [-0.2, 0) is 9.47 Å². The lowest BCUT2D eigenvalue weighted by molar-refractivity contribution is 0.0860. The third kappa shape index (κ3) is 2.16. The lowest BCUT2D eigenvalue weighted by Crippen LogP contribution is -2.43. The Labute approximate surface area is 93.7 Å². The SMILES string of the molecule is C=CCC1N(C(=O)OC)C=CN1C(=O)OC. The Balaban J connectivity index is 2.84. The highest BCUT2D eigenvalue weighted by molar-refractivity contribution is 5.74. The van der Waals surface area contributed by atoms with Crippen molar-refractivity contribution in [1.29, 1.82) is 0 Å². The van der Waals surface area contributed by atoms with E-state index in [-0.39, 0.29) is 0 Å². The number of carbonyl (C=O) groups excluding carboxylic acids is 2. The average molecular weight is 226 g/mol. The number of methoxy groups -OCH3 is 2. The van der Waals surface area contributed by atoms with E-state index in [2.05, 4.69) is 16.1 Å². The van der Waals surface area contributed by atoms with E-state index in [9.17, 15) is 9.59 Å². The minimum atomic E-state index is -0.533. The molecule has 6 nitrogen and oxygen atoms in total. The van der Waals surface area contributed by atoms with E-state index in [4.69, 9.17) is 0 Å². The van der Waals surface area contributed by atoms with E-state index in [1.807, 2.05) is 0 Å². The maximum absolute atomic E-state index is 11.4. The number of carbonyl (C=O) groups is 2. The highest BCUT2D eigenvalue weighted by Crippen LogP contribution is 2.20. The smallest absolute Gasteiger partial charge is 0.415 e. The second-order valence-corrected chi connectivity index (χ2v) is 3.06. The summed E-state index contributed by atoms with van der Waals surface area (Å²) < 4.78 is 9.19. The van der Waals surface area contributed by atoms with Crippen molar-refractivity contribution in [2.24, 2.45) is 0 Å². The average Bonchev–Trinajstić information content (AvgIpc) is 2.71. The Kier molecular flexibility index (Phi) is 3.93. The normalized spacial score (nSPS) is 15.1. The van der Waals surface area contributed by atoms with E-state index in [1.54, 1.807) is 6.08 Å². The first-order chi connectivity index (χ1) is 7.65. The number of hydrogen-bond donors (Lipinski definition) is 0. The quantitative estimate of drug-likeness (QED) is 0.670. The van der Waals surface area contributed by atoms with Crippen molar-refractivity contribution in [2.75, 3.05) is 14.2 Å². The molecule has 6 heteroatoms. The minimum absolute atomic E-state index is 0.428. The maximum atomic E-state index is 11.4. The fourth-order valence-electron chi connectivity index (χ4n) is 1.43. The Morgan fingerprint density at radius 1 is 1.25 bits per heavy atom. The first kappa shape index (κ1) is 12.1. The zero-order valence-corrected chi connectivity index (χ0v) is 9.25. The molecule has 0 radical (unpaired) electrons. The molecular formula is C10H14N2O4. The predicted molar refractivity (Wildman–Crippen MR) is 56.2 cm³/mol. The molecule has 1 heterocycles. The van der Waals surface area contributed by atoms with Crippen LogP contribution in [0.4, 0.5) is 9.59 Å². The topological polar surface area (TPSA) is 59.1 Å². The van der Waals surface area contributed by atoms with Gasteiger partial charge < -0.3 is 9.47 Å². The summed E-state index contributed by atoms with van der Waals surface area (Å²) in [6.07, 6.45) is 3.44. The summed E-state index contributed by atoms with van der Waals surface area (Å²) in [5.41, 5.74) is 0. The Bertz CT molecular complexity index is 301. The van der Waals surface area contributed by atoms with Crippen molar-refractivity contribution in [2.45, 2.75) is 12.6 Å². The van der Waals surface area contributed by atoms with Gasteiger partial charge >= 0.3 is 12.2 Å². The maximum Gasteiger partial charge on any atom is 0.415 e. The molecular weight excluding hydrogens is 212 g/mol. The molecule has 0 spiro atoms. The van der Waals surface area contributed by atoms with Gasteiger partial charge in [0.05, 0.1) is 14.2 Å². The number of rotatable bonds is 2. The molecule has 1 aliphatic rings. The molecule has 0 atom stereocenters. The summed E-state index contributed by atoms with van der Waals surface area (Å²) >= 11 is 0. The predicted octanol–water partition coefficient (Wildman–Crippen LogP) is 1.51. The molecule has 0 aromatic carbocycles. The van der Waals surface area contributed by atoms with E-state index in [1.165, 1.54) is 36.4 Å². The zero-order chi connectivity index (χ0) is 12.1.